The van der Waals surface area contributed by atoms with E-state index in [0.717, 1.165) is 0 Å². The minimum atomic E-state index is 0.0357. The van der Waals surface area contributed by atoms with Crippen molar-refractivity contribution in [3.8, 4) is 0 Å². The second-order valence-corrected chi connectivity index (χ2v) is 3.87. The summed E-state index contributed by atoms with van der Waals surface area (Å²) in [6.07, 6.45) is 1.52. The second-order valence-electron chi connectivity index (χ2n) is 3.87. The Morgan fingerprint density at radius 1 is 1.71 bits per heavy atom. The normalized spacial score (nSPS) is 21.6. The predicted molar refractivity (Wildman–Crippen MR) is 62.2 cm³/mol. The Balaban J connectivity index is 2.37. The van der Waals surface area contributed by atoms with Crippen LogP contribution in [-0.2, 0) is 4.74 Å². The highest BCUT2D eigenvalue weighted by atomic mass is 16.5. The van der Waals surface area contributed by atoms with Crippen LogP contribution in [0.3, 0.4) is 0 Å². The molecule has 1 unspecified atom stereocenters. The molecule has 1 fully saturated rings. The smallest absolute Gasteiger partial charge is 0.173 e. The van der Waals surface area contributed by atoms with Crippen molar-refractivity contribution >= 4 is 11.7 Å². The molecule has 17 heavy (non-hydrogen) atoms. The van der Waals surface area contributed by atoms with Crippen LogP contribution in [0.4, 0.5) is 5.82 Å². The predicted octanol–water partition coefficient (Wildman–Crippen LogP) is -0.204. The summed E-state index contributed by atoms with van der Waals surface area (Å²) >= 11 is 0. The Morgan fingerprint density at radius 3 is 3.24 bits per heavy atom. The average Bonchev–Trinajstić information content (AvgIpc) is 2.38. The highest BCUT2D eigenvalue weighted by Gasteiger charge is 2.23. The highest BCUT2D eigenvalue weighted by molar-refractivity contribution is 6.01. The van der Waals surface area contributed by atoms with E-state index in [1.807, 2.05) is 11.8 Å². The van der Waals surface area contributed by atoms with Gasteiger partial charge in [0.1, 0.15) is 0 Å². The van der Waals surface area contributed by atoms with Crippen LogP contribution in [-0.4, -0.2) is 47.0 Å². The van der Waals surface area contributed by atoms with Gasteiger partial charge in [-0.25, -0.2) is 0 Å². The molecule has 0 aliphatic carbocycles. The molecule has 0 spiro atoms. The molecule has 0 saturated carbocycles. The molecule has 1 aromatic heterocycles. The van der Waals surface area contributed by atoms with Crippen molar-refractivity contribution in [1.29, 1.82) is 0 Å². The first kappa shape index (κ1) is 11.6. The van der Waals surface area contributed by atoms with Crippen molar-refractivity contribution in [3.05, 3.63) is 17.8 Å². The number of amidine groups is 1. The molecule has 7 heteroatoms. The molecule has 92 valence electrons. The number of hydrogen-bond acceptors (Lipinski definition) is 6. The monoisotopic (exact) mass is 237 g/mol. The van der Waals surface area contributed by atoms with Gasteiger partial charge < -0.3 is 20.6 Å². The van der Waals surface area contributed by atoms with Gasteiger partial charge in [-0.1, -0.05) is 5.16 Å². The lowest BCUT2D eigenvalue weighted by Gasteiger charge is -2.34. The third kappa shape index (κ3) is 2.28. The lowest BCUT2D eigenvalue weighted by molar-refractivity contribution is 0.0984. The number of aromatic nitrogens is 2. The topological polar surface area (TPSA) is 96.9 Å². The van der Waals surface area contributed by atoms with Crippen LogP contribution in [0.15, 0.2) is 17.4 Å². The van der Waals surface area contributed by atoms with Crippen molar-refractivity contribution in [2.45, 2.75) is 13.0 Å². The van der Waals surface area contributed by atoms with Gasteiger partial charge >= 0.3 is 0 Å². The van der Waals surface area contributed by atoms with Gasteiger partial charge in [-0.05, 0) is 13.0 Å². The lowest BCUT2D eigenvalue weighted by atomic mass is 10.2. The summed E-state index contributed by atoms with van der Waals surface area (Å²) in [5, 5.41) is 19.7. The van der Waals surface area contributed by atoms with Gasteiger partial charge in [0.15, 0.2) is 11.7 Å². The van der Waals surface area contributed by atoms with Crippen molar-refractivity contribution < 1.29 is 9.94 Å². The third-order valence-electron chi connectivity index (χ3n) is 2.72. The van der Waals surface area contributed by atoms with E-state index in [1.54, 1.807) is 6.07 Å². The van der Waals surface area contributed by atoms with Gasteiger partial charge in [0, 0.05) is 6.54 Å². The summed E-state index contributed by atoms with van der Waals surface area (Å²) in [5.74, 6) is 0.659. The molecule has 0 aromatic carbocycles. The van der Waals surface area contributed by atoms with Crippen LogP contribution >= 0.6 is 0 Å². The Hall–Kier alpha value is -1.89. The van der Waals surface area contributed by atoms with Crippen LogP contribution in [0.2, 0.25) is 0 Å². The zero-order valence-corrected chi connectivity index (χ0v) is 9.58. The Kier molecular flexibility index (Phi) is 3.38. The molecule has 1 aliphatic heterocycles. The Bertz CT molecular complexity index is 423. The molecule has 7 nitrogen and oxygen atoms in total. The lowest BCUT2D eigenvalue weighted by Crippen LogP contribution is -2.45. The zero-order valence-electron chi connectivity index (χ0n) is 9.58. The number of ether oxygens (including phenoxy) is 1. The maximum atomic E-state index is 8.75. The fourth-order valence-corrected chi connectivity index (χ4v) is 1.83. The van der Waals surface area contributed by atoms with Gasteiger partial charge in [-0.2, -0.15) is 5.10 Å². The van der Waals surface area contributed by atoms with Crippen molar-refractivity contribution in [2.75, 3.05) is 24.7 Å². The largest absolute Gasteiger partial charge is 0.409 e. The molecule has 1 saturated heterocycles. The molecule has 2 heterocycles. The first-order valence-electron chi connectivity index (χ1n) is 5.38. The molecule has 1 aromatic rings. The van der Waals surface area contributed by atoms with E-state index in [4.69, 9.17) is 15.7 Å². The second kappa shape index (κ2) is 4.96. The fourth-order valence-electron chi connectivity index (χ4n) is 1.83. The molecular formula is C10H15N5O2. The van der Waals surface area contributed by atoms with Gasteiger partial charge in [0.2, 0.25) is 0 Å². The van der Waals surface area contributed by atoms with E-state index in [9.17, 15) is 0 Å². The molecule has 2 rings (SSSR count). The van der Waals surface area contributed by atoms with Crippen LogP contribution in [0.25, 0.3) is 0 Å². The van der Waals surface area contributed by atoms with Crippen LogP contribution in [0.5, 0.6) is 0 Å². The van der Waals surface area contributed by atoms with E-state index < -0.39 is 0 Å². The molecular weight excluding hydrogens is 222 g/mol. The standard InChI is InChI=1S/C10H15N5O2/c1-7-6-17-5-4-15(7)10-8(9(11)14-16)2-3-12-13-10/h2-3,7,16H,4-6H2,1H3,(H2,11,14). The van der Waals surface area contributed by atoms with Gasteiger partial charge in [-0.15, -0.1) is 5.10 Å². The van der Waals surface area contributed by atoms with Crippen molar-refractivity contribution in [3.63, 3.8) is 0 Å². The molecule has 0 amide bonds. The summed E-state index contributed by atoms with van der Waals surface area (Å²) in [6.45, 7) is 4.01. The van der Waals surface area contributed by atoms with Gasteiger partial charge in [-0.3, -0.25) is 0 Å². The quantitative estimate of drug-likeness (QED) is 0.320. The molecule has 3 N–H and O–H groups in total. The third-order valence-corrected chi connectivity index (χ3v) is 2.72. The number of hydrogen-bond donors (Lipinski definition) is 2. The SMILES string of the molecule is CC1COCCN1c1nnccc1/C(N)=N/O. The minimum absolute atomic E-state index is 0.0357. The first-order chi connectivity index (χ1) is 8.24. The zero-order chi connectivity index (χ0) is 12.3. The molecule has 0 bridgehead atoms. The number of oxime groups is 1. The van der Waals surface area contributed by atoms with E-state index in [1.165, 1.54) is 6.20 Å². The van der Waals surface area contributed by atoms with Crippen LogP contribution in [0, 0.1) is 0 Å². The van der Waals surface area contributed by atoms with Gasteiger partial charge in [0.25, 0.3) is 0 Å². The maximum absolute atomic E-state index is 8.75. The summed E-state index contributed by atoms with van der Waals surface area (Å²) in [6, 6.07) is 1.87. The van der Waals surface area contributed by atoms with Crippen molar-refractivity contribution in [1.82, 2.24) is 10.2 Å². The van der Waals surface area contributed by atoms with Crippen LogP contribution in [0.1, 0.15) is 12.5 Å². The van der Waals surface area contributed by atoms with E-state index in [0.29, 0.717) is 31.1 Å². The average molecular weight is 237 g/mol. The summed E-state index contributed by atoms with van der Waals surface area (Å²) < 4.78 is 5.36. The summed E-state index contributed by atoms with van der Waals surface area (Å²) in [4.78, 5) is 2.05. The van der Waals surface area contributed by atoms with E-state index in [-0.39, 0.29) is 11.9 Å². The Labute approximate surface area is 98.9 Å². The minimum Gasteiger partial charge on any atom is -0.409 e. The highest BCUT2D eigenvalue weighted by Crippen LogP contribution is 2.20. The van der Waals surface area contributed by atoms with E-state index in [2.05, 4.69) is 15.4 Å². The fraction of sp³-hybridized carbons (Fsp3) is 0.500. The van der Waals surface area contributed by atoms with Crippen molar-refractivity contribution in [2.24, 2.45) is 10.9 Å². The van der Waals surface area contributed by atoms with E-state index >= 15 is 0 Å². The Morgan fingerprint density at radius 2 is 2.53 bits per heavy atom. The first-order valence-corrected chi connectivity index (χ1v) is 5.38. The molecule has 1 atom stereocenters. The number of nitrogens with two attached hydrogens (primary N) is 1. The number of nitrogens with zero attached hydrogens (tertiary/aromatic N) is 4. The summed E-state index contributed by atoms with van der Waals surface area (Å²) in [7, 11) is 0. The summed E-state index contributed by atoms with van der Waals surface area (Å²) in [5.41, 5.74) is 6.20. The molecule has 0 radical (unpaired) electrons. The number of morpholine rings is 1. The van der Waals surface area contributed by atoms with Crippen LogP contribution < -0.4 is 10.6 Å². The number of anilines is 1. The number of rotatable bonds is 2. The molecule has 1 aliphatic rings. The maximum Gasteiger partial charge on any atom is 0.173 e. The van der Waals surface area contributed by atoms with Gasteiger partial charge in [0.05, 0.1) is 31.0 Å².